The van der Waals surface area contributed by atoms with Crippen molar-refractivity contribution in [1.82, 2.24) is 9.97 Å². The fourth-order valence-corrected chi connectivity index (χ4v) is 2.17. The number of carboxylic acids is 1. The third-order valence-electron chi connectivity index (χ3n) is 2.97. The number of nitrogens with zero attached hydrogens (tertiary/aromatic N) is 2. The molecule has 1 aromatic rings. The number of hydrogen-bond acceptors (Lipinski definition) is 3. The van der Waals surface area contributed by atoms with Gasteiger partial charge in [-0.15, -0.1) is 0 Å². The van der Waals surface area contributed by atoms with Crippen molar-refractivity contribution in [3.63, 3.8) is 0 Å². The van der Waals surface area contributed by atoms with Crippen molar-refractivity contribution in [2.45, 2.75) is 31.6 Å². The SMILES string of the molecule is O=C(O)C1CCCC(c2ncccn2)C1. The summed E-state index contributed by atoms with van der Waals surface area (Å²) in [5, 5.41) is 8.96. The molecule has 4 heteroatoms. The Morgan fingerprint density at radius 1 is 1.33 bits per heavy atom. The van der Waals surface area contributed by atoms with Crippen molar-refractivity contribution in [1.29, 1.82) is 0 Å². The Morgan fingerprint density at radius 2 is 2.07 bits per heavy atom. The summed E-state index contributed by atoms with van der Waals surface area (Å²) in [4.78, 5) is 19.3. The molecule has 1 aromatic heterocycles. The van der Waals surface area contributed by atoms with Gasteiger partial charge in [0.1, 0.15) is 5.82 Å². The molecule has 1 aliphatic carbocycles. The van der Waals surface area contributed by atoms with E-state index in [1.807, 2.05) is 0 Å². The molecule has 4 nitrogen and oxygen atoms in total. The Hall–Kier alpha value is -1.45. The summed E-state index contributed by atoms with van der Waals surface area (Å²) in [6.45, 7) is 0. The van der Waals surface area contributed by atoms with Crippen LogP contribution >= 0.6 is 0 Å². The van der Waals surface area contributed by atoms with E-state index >= 15 is 0 Å². The Balaban J connectivity index is 2.08. The van der Waals surface area contributed by atoms with Crippen LogP contribution in [-0.2, 0) is 4.79 Å². The fourth-order valence-electron chi connectivity index (χ4n) is 2.17. The van der Waals surface area contributed by atoms with Gasteiger partial charge in [0, 0.05) is 18.3 Å². The second-order valence-electron chi connectivity index (χ2n) is 4.01. The van der Waals surface area contributed by atoms with Crippen LogP contribution in [-0.4, -0.2) is 21.0 Å². The highest BCUT2D eigenvalue weighted by Gasteiger charge is 2.28. The van der Waals surface area contributed by atoms with E-state index in [1.54, 1.807) is 18.5 Å². The van der Waals surface area contributed by atoms with Gasteiger partial charge in [0.05, 0.1) is 5.92 Å². The minimum Gasteiger partial charge on any atom is -0.481 e. The van der Waals surface area contributed by atoms with E-state index in [-0.39, 0.29) is 11.8 Å². The number of carbonyl (C=O) groups is 1. The molecule has 80 valence electrons. The zero-order valence-electron chi connectivity index (χ0n) is 8.47. The van der Waals surface area contributed by atoms with Crippen molar-refractivity contribution in [3.8, 4) is 0 Å². The first-order valence-electron chi connectivity index (χ1n) is 5.27. The molecule has 1 fully saturated rings. The van der Waals surface area contributed by atoms with Gasteiger partial charge in [-0.25, -0.2) is 9.97 Å². The quantitative estimate of drug-likeness (QED) is 0.801. The monoisotopic (exact) mass is 206 g/mol. The lowest BCUT2D eigenvalue weighted by molar-refractivity contribution is -0.143. The highest BCUT2D eigenvalue weighted by Crippen LogP contribution is 2.34. The van der Waals surface area contributed by atoms with Crippen LogP contribution in [0.3, 0.4) is 0 Å². The standard InChI is InChI=1S/C11H14N2O2/c14-11(15)9-4-1-3-8(7-9)10-12-5-2-6-13-10/h2,5-6,8-9H,1,3-4,7H2,(H,14,15). The largest absolute Gasteiger partial charge is 0.481 e. The van der Waals surface area contributed by atoms with Gasteiger partial charge in [-0.05, 0) is 25.3 Å². The van der Waals surface area contributed by atoms with Crippen LogP contribution in [0.25, 0.3) is 0 Å². The summed E-state index contributed by atoms with van der Waals surface area (Å²) in [5.41, 5.74) is 0. The van der Waals surface area contributed by atoms with Gasteiger partial charge in [0.25, 0.3) is 0 Å². The Labute approximate surface area is 88.4 Å². The number of aliphatic carboxylic acids is 1. The number of carboxylic acid groups (broad SMARTS) is 1. The predicted octanol–water partition coefficient (Wildman–Crippen LogP) is 1.83. The Bertz CT molecular complexity index is 340. The van der Waals surface area contributed by atoms with Crippen LogP contribution in [0.15, 0.2) is 18.5 Å². The zero-order valence-corrected chi connectivity index (χ0v) is 8.47. The highest BCUT2D eigenvalue weighted by molar-refractivity contribution is 5.70. The van der Waals surface area contributed by atoms with Crippen LogP contribution in [0.4, 0.5) is 0 Å². The summed E-state index contributed by atoms with van der Waals surface area (Å²) in [5.74, 6) is 0.118. The maximum absolute atomic E-state index is 10.9. The van der Waals surface area contributed by atoms with Gasteiger partial charge < -0.3 is 5.11 Å². The van der Waals surface area contributed by atoms with Crippen LogP contribution in [0.5, 0.6) is 0 Å². The lowest BCUT2D eigenvalue weighted by Gasteiger charge is -2.25. The molecule has 1 aliphatic rings. The molecule has 15 heavy (non-hydrogen) atoms. The third kappa shape index (κ3) is 2.32. The summed E-state index contributed by atoms with van der Waals surface area (Å²) in [6.07, 6.45) is 6.87. The second-order valence-corrected chi connectivity index (χ2v) is 4.01. The smallest absolute Gasteiger partial charge is 0.306 e. The predicted molar refractivity (Wildman–Crippen MR) is 54.4 cm³/mol. The summed E-state index contributed by atoms with van der Waals surface area (Å²) in [7, 11) is 0. The Kier molecular flexibility index (Phi) is 2.94. The van der Waals surface area contributed by atoms with E-state index in [0.29, 0.717) is 6.42 Å². The van der Waals surface area contributed by atoms with E-state index in [4.69, 9.17) is 5.11 Å². The van der Waals surface area contributed by atoms with E-state index < -0.39 is 5.97 Å². The molecule has 0 bridgehead atoms. The maximum atomic E-state index is 10.9. The molecular formula is C11H14N2O2. The molecule has 2 atom stereocenters. The zero-order chi connectivity index (χ0) is 10.7. The summed E-state index contributed by atoms with van der Waals surface area (Å²) < 4.78 is 0. The molecule has 1 saturated carbocycles. The minimum atomic E-state index is -0.685. The first kappa shape index (κ1) is 10.1. The molecule has 1 N–H and O–H groups in total. The van der Waals surface area contributed by atoms with Crippen molar-refractivity contribution in [2.24, 2.45) is 5.92 Å². The van der Waals surface area contributed by atoms with Gasteiger partial charge in [-0.2, -0.15) is 0 Å². The molecule has 0 aliphatic heterocycles. The average molecular weight is 206 g/mol. The van der Waals surface area contributed by atoms with E-state index in [1.165, 1.54) is 0 Å². The molecule has 0 saturated heterocycles. The van der Waals surface area contributed by atoms with Gasteiger partial charge in [0.2, 0.25) is 0 Å². The highest BCUT2D eigenvalue weighted by atomic mass is 16.4. The maximum Gasteiger partial charge on any atom is 0.306 e. The van der Waals surface area contributed by atoms with Crippen LogP contribution in [0.1, 0.15) is 37.4 Å². The van der Waals surface area contributed by atoms with Crippen molar-refractivity contribution in [3.05, 3.63) is 24.3 Å². The summed E-state index contributed by atoms with van der Waals surface area (Å²) in [6, 6.07) is 1.78. The van der Waals surface area contributed by atoms with Gasteiger partial charge in [-0.1, -0.05) is 6.42 Å². The summed E-state index contributed by atoms with van der Waals surface area (Å²) >= 11 is 0. The average Bonchev–Trinajstić information content (AvgIpc) is 2.30. The van der Waals surface area contributed by atoms with Gasteiger partial charge in [0.15, 0.2) is 0 Å². The molecular weight excluding hydrogens is 192 g/mol. The van der Waals surface area contributed by atoms with E-state index in [0.717, 1.165) is 25.1 Å². The number of hydrogen-bond donors (Lipinski definition) is 1. The van der Waals surface area contributed by atoms with E-state index in [9.17, 15) is 4.79 Å². The number of rotatable bonds is 2. The normalized spacial score (nSPS) is 26.1. The van der Waals surface area contributed by atoms with Crippen molar-refractivity contribution >= 4 is 5.97 Å². The number of aromatic nitrogens is 2. The first-order chi connectivity index (χ1) is 7.27. The molecule has 2 rings (SSSR count). The van der Waals surface area contributed by atoms with Crippen LogP contribution in [0.2, 0.25) is 0 Å². The van der Waals surface area contributed by atoms with Gasteiger partial charge >= 0.3 is 5.97 Å². The molecule has 0 spiro atoms. The van der Waals surface area contributed by atoms with Crippen LogP contribution in [0, 0.1) is 5.92 Å². The van der Waals surface area contributed by atoms with Crippen molar-refractivity contribution < 1.29 is 9.90 Å². The lowest BCUT2D eigenvalue weighted by atomic mass is 9.81. The molecule has 0 radical (unpaired) electrons. The molecule has 1 heterocycles. The lowest BCUT2D eigenvalue weighted by Crippen LogP contribution is -2.22. The topological polar surface area (TPSA) is 63.1 Å². The van der Waals surface area contributed by atoms with Crippen molar-refractivity contribution in [2.75, 3.05) is 0 Å². The van der Waals surface area contributed by atoms with Gasteiger partial charge in [-0.3, -0.25) is 4.79 Å². The Morgan fingerprint density at radius 3 is 2.73 bits per heavy atom. The second kappa shape index (κ2) is 4.38. The molecule has 2 unspecified atom stereocenters. The van der Waals surface area contributed by atoms with E-state index in [2.05, 4.69) is 9.97 Å². The molecule has 0 amide bonds. The fraction of sp³-hybridized carbons (Fsp3) is 0.545. The minimum absolute atomic E-state index is 0.215. The van der Waals surface area contributed by atoms with Crippen LogP contribution < -0.4 is 0 Å². The molecule has 0 aromatic carbocycles. The third-order valence-corrected chi connectivity index (χ3v) is 2.97. The first-order valence-corrected chi connectivity index (χ1v) is 5.27.